The molecule has 1 unspecified atom stereocenters. The van der Waals surface area contributed by atoms with Gasteiger partial charge in [0.05, 0.1) is 18.8 Å². The van der Waals surface area contributed by atoms with Crippen LogP contribution in [0.25, 0.3) is 0 Å². The Kier molecular flexibility index (Phi) is 5.01. The zero-order valence-corrected chi connectivity index (χ0v) is 13.0. The number of anilines is 2. The van der Waals surface area contributed by atoms with Crippen molar-refractivity contribution in [3.63, 3.8) is 0 Å². The molecule has 116 valence electrons. The first kappa shape index (κ1) is 15.9. The zero-order chi connectivity index (χ0) is 16.1. The number of rotatable bonds is 4. The van der Waals surface area contributed by atoms with Crippen LogP contribution in [0.2, 0.25) is 0 Å². The standard InChI is InChI=1S/C17H21N3O2/c1-20(2)14-11-7-10-13(19-17(21)22-3)15(14)16(18)12-8-5-4-6-9-12/h4-11,16H,18H2,1-3H3,(H,19,21). The molecule has 2 aromatic carbocycles. The van der Waals surface area contributed by atoms with E-state index in [4.69, 9.17) is 10.5 Å². The number of nitrogens with two attached hydrogens (primary N) is 1. The van der Waals surface area contributed by atoms with Gasteiger partial charge in [0.25, 0.3) is 0 Å². The summed E-state index contributed by atoms with van der Waals surface area (Å²) in [5, 5.41) is 2.74. The lowest BCUT2D eigenvalue weighted by atomic mass is 9.96. The van der Waals surface area contributed by atoms with Gasteiger partial charge in [-0.15, -0.1) is 0 Å². The van der Waals surface area contributed by atoms with Gasteiger partial charge in [0.2, 0.25) is 0 Å². The van der Waals surface area contributed by atoms with Crippen LogP contribution < -0.4 is 16.0 Å². The Morgan fingerprint density at radius 1 is 1.14 bits per heavy atom. The molecule has 0 fully saturated rings. The minimum absolute atomic E-state index is 0.355. The summed E-state index contributed by atoms with van der Waals surface area (Å²) in [6.45, 7) is 0. The maximum absolute atomic E-state index is 11.6. The molecule has 0 bridgehead atoms. The summed E-state index contributed by atoms with van der Waals surface area (Å²) in [4.78, 5) is 13.6. The van der Waals surface area contributed by atoms with Gasteiger partial charge < -0.3 is 15.4 Å². The number of methoxy groups -OCH3 is 1. The fraction of sp³-hybridized carbons (Fsp3) is 0.235. The van der Waals surface area contributed by atoms with Crippen LogP contribution in [0, 0.1) is 0 Å². The van der Waals surface area contributed by atoms with E-state index < -0.39 is 6.09 Å². The fourth-order valence-electron chi connectivity index (χ4n) is 2.37. The molecule has 2 rings (SSSR count). The molecule has 1 atom stereocenters. The van der Waals surface area contributed by atoms with Crippen molar-refractivity contribution in [2.75, 3.05) is 31.4 Å². The average Bonchev–Trinajstić information content (AvgIpc) is 2.54. The Hall–Kier alpha value is -2.53. The molecule has 0 aliphatic rings. The predicted octanol–water partition coefficient (Wildman–Crippen LogP) is 2.98. The van der Waals surface area contributed by atoms with E-state index in [1.54, 1.807) is 0 Å². The van der Waals surface area contributed by atoms with Gasteiger partial charge >= 0.3 is 6.09 Å². The Labute approximate surface area is 130 Å². The van der Waals surface area contributed by atoms with E-state index in [0.29, 0.717) is 5.69 Å². The molecular formula is C17H21N3O2. The van der Waals surface area contributed by atoms with E-state index in [0.717, 1.165) is 16.8 Å². The quantitative estimate of drug-likeness (QED) is 0.910. The van der Waals surface area contributed by atoms with E-state index in [9.17, 15) is 4.79 Å². The summed E-state index contributed by atoms with van der Waals surface area (Å²) in [5.41, 5.74) is 9.88. The first-order valence-electron chi connectivity index (χ1n) is 7.00. The number of benzene rings is 2. The van der Waals surface area contributed by atoms with Crippen molar-refractivity contribution in [2.45, 2.75) is 6.04 Å². The highest BCUT2D eigenvalue weighted by Gasteiger charge is 2.19. The van der Waals surface area contributed by atoms with E-state index in [2.05, 4.69) is 5.32 Å². The molecule has 0 spiro atoms. The van der Waals surface area contributed by atoms with Gasteiger partial charge in [-0.05, 0) is 17.7 Å². The summed E-state index contributed by atoms with van der Waals surface area (Å²) in [7, 11) is 5.22. The van der Waals surface area contributed by atoms with Crippen molar-refractivity contribution in [3.8, 4) is 0 Å². The minimum Gasteiger partial charge on any atom is -0.453 e. The monoisotopic (exact) mass is 299 g/mol. The number of nitrogens with one attached hydrogen (secondary N) is 1. The smallest absolute Gasteiger partial charge is 0.411 e. The van der Waals surface area contributed by atoms with E-state index in [-0.39, 0.29) is 6.04 Å². The SMILES string of the molecule is COC(=O)Nc1cccc(N(C)C)c1C(N)c1ccccc1. The maximum Gasteiger partial charge on any atom is 0.411 e. The third-order valence-corrected chi connectivity index (χ3v) is 3.46. The molecule has 1 amide bonds. The average molecular weight is 299 g/mol. The Balaban J connectivity index is 2.52. The van der Waals surface area contributed by atoms with Crippen molar-refractivity contribution in [1.29, 1.82) is 0 Å². The molecule has 5 heteroatoms. The highest BCUT2D eigenvalue weighted by molar-refractivity contribution is 5.87. The molecule has 0 saturated carbocycles. The van der Waals surface area contributed by atoms with Crippen LogP contribution in [0.1, 0.15) is 17.2 Å². The van der Waals surface area contributed by atoms with Crippen molar-refractivity contribution in [2.24, 2.45) is 5.73 Å². The van der Waals surface area contributed by atoms with Crippen LogP contribution >= 0.6 is 0 Å². The van der Waals surface area contributed by atoms with Crippen molar-refractivity contribution < 1.29 is 9.53 Å². The second-order valence-electron chi connectivity index (χ2n) is 5.14. The first-order chi connectivity index (χ1) is 10.5. The molecule has 0 heterocycles. The predicted molar refractivity (Wildman–Crippen MR) is 89.3 cm³/mol. The number of amides is 1. The molecule has 0 aromatic heterocycles. The summed E-state index contributed by atoms with van der Waals surface area (Å²) < 4.78 is 4.69. The topological polar surface area (TPSA) is 67.6 Å². The Morgan fingerprint density at radius 2 is 1.82 bits per heavy atom. The van der Waals surface area contributed by atoms with Crippen LogP contribution in [-0.4, -0.2) is 27.3 Å². The number of hydrogen-bond acceptors (Lipinski definition) is 4. The maximum atomic E-state index is 11.6. The lowest BCUT2D eigenvalue weighted by Crippen LogP contribution is -2.22. The second-order valence-corrected chi connectivity index (χ2v) is 5.14. The van der Waals surface area contributed by atoms with Crippen LogP contribution in [0.5, 0.6) is 0 Å². The normalized spacial score (nSPS) is 11.6. The third kappa shape index (κ3) is 3.38. The minimum atomic E-state index is -0.516. The number of ether oxygens (including phenoxy) is 1. The third-order valence-electron chi connectivity index (χ3n) is 3.46. The van der Waals surface area contributed by atoms with Crippen LogP contribution in [0.3, 0.4) is 0 Å². The lowest BCUT2D eigenvalue weighted by Gasteiger charge is -2.24. The van der Waals surface area contributed by atoms with Gasteiger partial charge in [-0.2, -0.15) is 0 Å². The van der Waals surface area contributed by atoms with E-state index >= 15 is 0 Å². The van der Waals surface area contributed by atoms with Gasteiger partial charge in [-0.25, -0.2) is 4.79 Å². The highest BCUT2D eigenvalue weighted by atomic mass is 16.5. The number of hydrogen-bond donors (Lipinski definition) is 2. The number of carbonyl (C=O) groups is 1. The largest absolute Gasteiger partial charge is 0.453 e. The van der Waals surface area contributed by atoms with Crippen molar-refractivity contribution >= 4 is 17.5 Å². The Morgan fingerprint density at radius 3 is 2.41 bits per heavy atom. The zero-order valence-electron chi connectivity index (χ0n) is 13.0. The molecule has 5 nitrogen and oxygen atoms in total. The molecule has 3 N–H and O–H groups in total. The second kappa shape index (κ2) is 6.95. The van der Waals surface area contributed by atoms with Gasteiger partial charge in [0.1, 0.15) is 0 Å². The van der Waals surface area contributed by atoms with E-state index in [1.165, 1.54) is 7.11 Å². The lowest BCUT2D eigenvalue weighted by molar-refractivity contribution is 0.187. The van der Waals surface area contributed by atoms with Crippen molar-refractivity contribution in [1.82, 2.24) is 0 Å². The Bertz CT molecular complexity index is 642. The molecular weight excluding hydrogens is 278 g/mol. The summed E-state index contributed by atoms with van der Waals surface area (Å²) in [6.07, 6.45) is -0.516. The highest BCUT2D eigenvalue weighted by Crippen LogP contribution is 2.34. The molecule has 0 aliphatic carbocycles. The molecule has 2 aromatic rings. The van der Waals surface area contributed by atoms with Gasteiger partial charge in [0.15, 0.2) is 0 Å². The van der Waals surface area contributed by atoms with Crippen LogP contribution in [0.15, 0.2) is 48.5 Å². The van der Waals surface area contributed by atoms with Crippen molar-refractivity contribution in [3.05, 3.63) is 59.7 Å². The van der Waals surface area contributed by atoms with Gasteiger partial charge in [-0.1, -0.05) is 36.4 Å². The molecule has 0 radical (unpaired) electrons. The summed E-state index contributed by atoms with van der Waals surface area (Å²) in [5.74, 6) is 0. The van der Waals surface area contributed by atoms with Gasteiger partial charge in [-0.3, -0.25) is 5.32 Å². The molecule has 0 saturated heterocycles. The first-order valence-corrected chi connectivity index (χ1v) is 7.00. The van der Waals surface area contributed by atoms with Crippen LogP contribution in [-0.2, 0) is 4.74 Å². The summed E-state index contributed by atoms with van der Waals surface area (Å²) in [6, 6.07) is 15.1. The molecule has 0 aliphatic heterocycles. The van der Waals surface area contributed by atoms with Gasteiger partial charge in [0, 0.05) is 25.3 Å². The fourth-order valence-corrected chi connectivity index (χ4v) is 2.37. The molecule has 22 heavy (non-hydrogen) atoms. The number of carbonyl (C=O) groups excluding carboxylic acids is 1. The number of nitrogens with zero attached hydrogens (tertiary/aromatic N) is 1. The van der Waals surface area contributed by atoms with E-state index in [1.807, 2.05) is 67.5 Å². The summed E-state index contributed by atoms with van der Waals surface area (Å²) >= 11 is 0. The van der Waals surface area contributed by atoms with Crippen LogP contribution in [0.4, 0.5) is 16.2 Å².